The van der Waals surface area contributed by atoms with Crippen LogP contribution in [-0.2, 0) is 30.8 Å². The van der Waals surface area contributed by atoms with E-state index in [1.54, 1.807) is 24.3 Å². The Kier molecular flexibility index (Phi) is 8.55. The number of rotatable bonds is 8. The van der Waals surface area contributed by atoms with Crippen LogP contribution in [0.25, 0.3) is 0 Å². The van der Waals surface area contributed by atoms with E-state index in [9.17, 15) is 13.2 Å². The van der Waals surface area contributed by atoms with Crippen LogP contribution in [0, 0.1) is 5.92 Å². The number of urea groups is 1. The first kappa shape index (κ1) is 24.4. The van der Waals surface area contributed by atoms with E-state index in [0.29, 0.717) is 58.5 Å². The molecule has 3 saturated heterocycles. The zero-order valence-corrected chi connectivity index (χ0v) is 19.7. The fraction of sp³-hybridized carbons (Fsp3) is 0.682. The highest BCUT2D eigenvalue weighted by atomic mass is 32.2. The second kappa shape index (κ2) is 11.6. The van der Waals surface area contributed by atoms with E-state index in [0.717, 1.165) is 38.3 Å². The molecule has 3 aliphatic heterocycles. The zero-order chi connectivity index (χ0) is 23.1. The summed E-state index contributed by atoms with van der Waals surface area (Å²) < 4.78 is 43.2. The smallest absolute Gasteiger partial charge is 0.315 e. The van der Waals surface area contributed by atoms with Crippen LogP contribution in [0.15, 0.2) is 29.2 Å². The Morgan fingerprint density at radius 1 is 0.939 bits per heavy atom. The highest BCUT2D eigenvalue weighted by molar-refractivity contribution is 7.89. The first-order chi connectivity index (χ1) is 16.0. The quantitative estimate of drug-likeness (QED) is 0.546. The molecule has 2 N–H and O–H groups in total. The van der Waals surface area contributed by atoms with Gasteiger partial charge in [0.1, 0.15) is 0 Å². The lowest BCUT2D eigenvalue weighted by atomic mass is 9.97. The summed E-state index contributed by atoms with van der Waals surface area (Å²) in [6.45, 7) is 7.09. The van der Waals surface area contributed by atoms with Gasteiger partial charge in [0.25, 0.3) is 0 Å². The molecule has 3 aliphatic rings. The maximum Gasteiger partial charge on any atom is 0.315 e. The molecular weight excluding hydrogens is 448 g/mol. The molecule has 33 heavy (non-hydrogen) atoms. The Hall–Kier alpha value is -1.76. The molecule has 1 aromatic carbocycles. The van der Waals surface area contributed by atoms with Crippen LogP contribution >= 0.6 is 0 Å². The second-order valence-corrected chi connectivity index (χ2v) is 10.5. The van der Waals surface area contributed by atoms with Gasteiger partial charge in [-0.3, -0.25) is 4.90 Å². The van der Waals surface area contributed by atoms with Crippen molar-refractivity contribution in [3.8, 4) is 0 Å². The molecule has 2 atom stereocenters. The van der Waals surface area contributed by atoms with Crippen molar-refractivity contribution in [2.45, 2.75) is 23.9 Å². The summed E-state index contributed by atoms with van der Waals surface area (Å²) in [7, 11) is -3.52. The van der Waals surface area contributed by atoms with Crippen molar-refractivity contribution in [1.29, 1.82) is 0 Å². The lowest BCUT2D eigenvalue weighted by molar-refractivity contribution is 0.00212. The van der Waals surface area contributed by atoms with Gasteiger partial charge in [0.15, 0.2) is 0 Å². The number of ether oxygens (including phenoxy) is 3. The van der Waals surface area contributed by atoms with Crippen molar-refractivity contribution in [3.63, 3.8) is 0 Å². The normalized spacial score (nSPS) is 23.8. The molecule has 0 saturated carbocycles. The van der Waals surface area contributed by atoms with Crippen molar-refractivity contribution in [2.24, 2.45) is 5.92 Å². The van der Waals surface area contributed by atoms with E-state index < -0.39 is 10.0 Å². The molecule has 0 aromatic heterocycles. The lowest BCUT2D eigenvalue weighted by Gasteiger charge is -2.37. The van der Waals surface area contributed by atoms with Crippen LogP contribution in [0.5, 0.6) is 0 Å². The highest BCUT2D eigenvalue weighted by Gasteiger charge is 2.31. The van der Waals surface area contributed by atoms with Crippen molar-refractivity contribution in [3.05, 3.63) is 29.8 Å². The number of amides is 2. The fourth-order valence-electron chi connectivity index (χ4n) is 4.52. The van der Waals surface area contributed by atoms with Crippen molar-refractivity contribution >= 4 is 16.1 Å². The maximum absolute atomic E-state index is 12.7. The molecule has 3 heterocycles. The number of carbonyl (C=O) groups is 1. The molecular formula is C22H34N4O6S. The van der Waals surface area contributed by atoms with Crippen molar-refractivity contribution in [1.82, 2.24) is 19.8 Å². The van der Waals surface area contributed by atoms with E-state index in [2.05, 4.69) is 15.5 Å². The van der Waals surface area contributed by atoms with E-state index >= 15 is 0 Å². The number of hydrogen-bond acceptors (Lipinski definition) is 7. The minimum absolute atomic E-state index is 0.229. The van der Waals surface area contributed by atoms with Gasteiger partial charge >= 0.3 is 6.03 Å². The minimum atomic E-state index is -3.52. The van der Waals surface area contributed by atoms with Gasteiger partial charge in [0.2, 0.25) is 10.0 Å². The van der Waals surface area contributed by atoms with Gasteiger partial charge in [-0.2, -0.15) is 4.31 Å². The molecule has 0 unspecified atom stereocenters. The van der Waals surface area contributed by atoms with E-state index in [1.165, 1.54) is 4.31 Å². The summed E-state index contributed by atoms with van der Waals surface area (Å²) in [4.78, 5) is 15.1. The molecule has 1 aromatic rings. The lowest BCUT2D eigenvalue weighted by Crippen LogP contribution is -2.53. The summed E-state index contributed by atoms with van der Waals surface area (Å²) in [5, 5.41) is 5.87. The fourth-order valence-corrected chi connectivity index (χ4v) is 5.92. The Balaban J connectivity index is 1.26. The van der Waals surface area contributed by atoms with Gasteiger partial charge in [-0.1, -0.05) is 12.1 Å². The van der Waals surface area contributed by atoms with Crippen LogP contribution < -0.4 is 10.6 Å². The summed E-state index contributed by atoms with van der Waals surface area (Å²) in [6.07, 6.45) is 1.00. The van der Waals surface area contributed by atoms with E-state index in [1.807, 2.05) is 0 Å². The number of morpholine rings is 2. The van der Waals surface area contributed by atoms with Gasteiger partial charge < -0.3 is 24.8 Å². The average molecular weight is 483 g/mol. The molecule has 2 amide bonds. The molecule has 184 valence electrons. The first-order valence-corrected chi connectivity index (χ1v) is 13.1. The van der Waals surface area contributed by atoms with Crippen LogP contribution in [0.1, 0.15) is 12.0 Å². The van der Waals surface area contributed by atoms with E-state index in [-0.39, 0.29) is 17.0 Å². The number of sulfonamides is 1. The topological polar surface area (TPSA) is 109 Å². The predicted octanol–water partition coefficient (Wildman–Crippen LogP) is 0.244. The number of nitrogens with one attached hydrogen (secondary N) is 2. The largest absolute Gasteiger partial charge is 0.381 e. The van der Waals surface area contributed by atoms with Gasteiger partial charge in [0, 0.05) is 57.8 Å². The highest BCUT2D eigenvalue weighted by Crippen LogP contribution is 2.22. The molecule has 10 nitrogen and oxygen atoms in total. The average Bonchev–Trinajstić information content (AvgIpc) is 3.39. The van der Waals surface area contributed by atoms with Gasteiger partial charge in [-0.15, -0.1) is 0 Å². The maximum atomic E-state index is 12.7. The van der Waals surface area contributed by atoms with Crippen LogP contribution in [-0.4, -0.2) is 102 Å². The summed E-state index contributed by atoms with van der Waals surface area (Å²) in [5.74, 6) is 0.407. The molecule has 11 heteroatoms. The minimum Gasteiger partial charge on any atom is -0.381 e. The Morgan fingerprint density at radius 3 is 2.24 bits per heavy atom. The summed E-state index contributed by atoms with van der Waals surface area (Å²) in [5.41, 5.74) is 0.833. The second-order valence-electron chi connectivity index (χ2n) is 8.56. The zero-order valence-electron chi connectivity index (χ0n) is 18.9. The Bertz CT molecular complexity index is 863. The number of hydrogen-bond donors (Lipinski definition) is 2. The molecule has 0 spiro atoms. The third-order valence-electron chi connectivity index (χ3n) is 6.48. The molecule has 0 bridgehead atoms. The van der Waals surface area contributed by atoms with E-state index in [4.69, 9.17) is 14.2 Å². The van der Waals surface area contributed by atoms with Gasteiger partial charge in [-0.05, 0) is 24.1 Å². The monoisotopic (exact) mass is 482 g/mol. The van der Waals surface area contributed by atoms with Crippen LogP contribution in [0.4, 0.5) is 4.79 Å². The summed E-state index contributed by atoms with van der Waals surface area (Å²) >= 11 is 0. The standard InChI is InChI=1S/C22H34N4O6S/c27-22(24-16-21(19-5-10-32-17-19)25-6-11-30-12-7-25)23-15-18-1-3-20(4-2-18)33(28,29)26-8-13-31-14-9-26/h1-4,19,21H,5-17H2,(H2,23,24,27)/t19-,21-/m1/s1. The van der Waals surface area contributed by atoms with Gasteiger partial charge in [0.05, 0.1) is 37.9 Å². The molecule has 0 aliphatic carbocycles. The summed E-state index contributed by atoms with van der Waals surface area (Å²) in [6, 6.07) is 6.65. The third-order valence-corrected chi connectivity index (χ3v) is 8.39. The molecule has 4 rings (SSSR count). The number of benzene rings is 1. The number of carbonyl (C=O) groups excluding carboxylic acids is 1. The van der Waals surface area contributed by atoms with Crippen molar-refractivity contribution in [2.75, 3.05) is 72.4 Å². The third kappa shape index (κ3) is 6.43. The van der Waals surface area contributed by atoms with Crippen LogP contribution in [0.3, 0.4) is 0 Å². The van der Waals surface area contributed by atoms with Crippen LogP contribution in [0.2, 0.25) is 0 Å². The molecule has 3 fully saturated rings. The van der Waals surface area contributed by atoms with Gasteiger partial charge in [-0.25, -0.2) is 13.2 Å². The number of nitrogens with zero attached hydrogens (tertiary/aromatic N) is 2. The SMILES string of the molecule is O=C(NCc1ccc(S(=O)(=O)N2CCOCC2)cc1)NC[C@H]([C@@H]1CCOC1)N1CCOCC1. The Morgan fingerprint density at radius 2 is 1.61 bits per heavy atom. The molecule has 0 radical (unpaired) electrons. The van der Waals surface area contributed by atoms with Crippen molar-refractivity contribution < 1.29 is 27.4 Å². The first-order valence-electron chi connectivity index (χ1n) is 11.6. The predicted molar refractivity (Wildman–Crippen MR) is 121 cm³/mol. The Labute approximate surface area is 195 Å².